The van der Waals surface area contributed by atoms with E-state index in [2.05, 4.69) is 10.8 Å². The lowest BCUT2D eigenvalue weighted by atomic mass is 9.73. The van der Waals surface area contributed by atoms with Gasteiger partial charge < -0.3 is 18.9 Å². The minimum absolute atomic E-state index is 0.138. The summed E-state index contributed by atoms with van der Waals surface area (Å²) in [5.41, 5.74) is 1.42. The van der Waals surface area contributed by atoms with Gasteiger partial charge in [-0.1, -0.05) is 6.07 Å². The minimum Gasteiger partial charge on any atom is -0.598 e. The first-order valence-corrected chi connectivity index (χ1v) is 11.7. The summed E-state index contributed by atoms with van der Waals surface area (Å²) in [6.45, 7) is 12.7. The van der Waals surface area contributed by atoms with Gasteiger partial charge in [-0.25, -0.2) is 9.78 Å². The van der Waals surface area contributed by atoms with Crippen LogP contribution in [0.4, 0.5) is 4.79 Å². The number of ether oxygens (including phenoxy) is 2. The van der Waals surface area contributed by atoms with Crippen molar-refractivity contribution in [3.8, 4) is 5.88 Å². The zero-order valence-electron chi connectivity index (χ0n) is 19.2. The van der Waals surface area contributed by atoms with Gasteiger partial charge in [-0.05, 0) is 66.4 Å². The van der Waals surface area contributed by atoms with Crippen LogP contribution in [0.15, 0.2) is 12.1 Å². The third kappa shape index (κ3) is 4.86. The molecule has 1 aliphatic carbocycles. The average molecular weight is 438 g/mol. The summed E-state index contributed by atoms with van der Waals surface area (Å²) in [7, 11) is 1.61. The molecule has 1 N–H and O–H groups in total. The molecule has 8 heteroatoms. The summed E-state index contributed by atoms with van der Waals surface area (Å²) >= 11 is -1.24. The van der Waals surface area contributed by atoms with E-state index in [0.717, 1.165) is 30.5 Å². The lowest BCUT2D eigenvalue weighted by Gasteiger charge is -2.43. The Morgan fingerprint density at radius 3 is 2.40 bits per heavy atom. The average Bonchev–Trinajstić information content (AvgIpc) is 2.92. The summed E-state index contributed by atoms with van der Waals surface area (Å²) in [5.74, 6) is 0.560. The van der Waals surface area contributed by atoms with Crippen LogP contribution in [0.25, 0.3) is 0 Å². The van der Waals surface area contributed by atoms with E-state index in [4.69, 9.17) is 14.5 Å². The molecule has 7 nitrogen and oxygen atoms in total. The normalized spacial score (nSPS) is 22.0. The molecule has 0 aromatic carbocycles. The number of methoxy groups -OCH3 is 1. The second kappa shape index (κ2) is 8.20. The van der Waals surface area contributed by atoms with Crippen molar-refractivity contribution in [2.24, 2.45) is 5.41 Å². The Balaban J connectivity index is 1.83. The van der Waals surface area contributed by atoms with Crippen molar-refractivity contribution in [1.82, 2.24) is 14.6 Å². The Bertz CT molecular complexity index is 780. The highest BCUT2D eigenvalue weighted by atomic mass is 32.2. The Morgan fingerprint density at radius 2 is 1.87 bits per heavy atom. The van der Waals surface area contributed by atoms with E-state index in [1.807, 2.05) is 47.6 Å². The van der Waals surface area contributed by atoms with Crippen molar-refractivity contribution < 1.29 is 18.8 Å². The van der Waals surface area contributed by atoms with E-state index in [1.165, 1.54) is 0 Å². The minimum atomic E-state index is -1.24. The van der Waals surface area contributed by atoms with Gasteiger partial charge in [0.25, 0.3) is 0 Å². The summed E-state index contributed by atoms with van der Waals surface area (Å²) in [4.78, 5) is 19.0. The van der Waals surface area contributed by atoms with Gasteiger partial charge in [-0.2, -0.15) is 0 Å². The van der Waals surface area contributed by atoms with Gasteiger partial charge >= 0.3 is 6.09 Å². The molecule has 168 valence electrons. The zero-order chi connectivity index (χ0) is 22.3. The van der Waals surface area contributed by atoms with Gasteiger partial charge in [0.2, 0.25) is 5.88 Å². The Morgan fingerprint density at radius 1 is 1.23 bits per heavy atom. The number of carbonyl (C=O) groups is 1. The van der Waals surface area contributed by atoms with Gasteiger partial charge in [0.15, 0.2) is 0 Å². The Hall–Kier alpha value is -1.51. The van der Waals surface area contributed by atoms with Gasteiger partial charge in [-0.15, -0.1) is 4.72 Å². The summed E-state index contributed by atoms with van der Waals surface area (Å²) < 4.78 is 26.9. The molecule has 0 radical (unpaired) electrons. The number of fused-ring (bicyclic) bond motifs is 1. The number of hydrogen-bond acceptors (Lipinski definition) is 6. The van der Waals surface area contributed by atoms with E-state index < -0.39 is 17.0 Å². The van der Waals surface area contributed by atoms with Gasteiger partial charge in [0.05, 0.1) is 12.8 Å². The SMILES string of the molecule is COc1ccc2c(n1)C(N[S+]([O-])C(C)(C)C)C1(CCN(C(=O)OC(C)(C)C)CC1)C2. The van der Waals surface area contributed by atoms with E-state index in [1.54, 1.807) is 12.0 Å². The molecule has 0 bridgehead atoms. The number of nitrogens with one attached hydrogen (secondary N) is 1. The van der Waals surface area contributed by atoms with Crippen LogP contribution in [0.1, 0.15) is 71.7 Å². The highest BCUT2D eigenvalue weighted by Crippen LogP contribution is 2.52. The van der Waals surface area contributed by atoms with Crippen LogP contribution in [0.2, 0.25) is 0 Å². The molecule has 30 heavy (non-hydrogen) atoms. The van der Waals surface area contributed by atoms with Gasteiger partial charge in [0.1, 0.15) is 16.4 Å². The maximum Gasteiger partial charge on any atom is 0.410 e. The maximum atomic E-state index is 13.0. The number of carbonyl (C=O) groups excluding carboxylic acids is 1. The van der Waals surface area contributed by atoms with Crippen LogP contribution in [-0.2, 0) is 22.5 Å². The molecule has 0 saturated carbocycles. The first-order valence-electron chi connectivity index (χ1n) is 10.5. The fourth-order valence-electron chi connectivity index (χ4n) is 4.16. The van der Waals surface area contributed by atoms with Crippen molar-refractivity contribution in [3.63, 3.8) is 0 Å². The van der Waals surface area contributed by atoms with Crippen molar-refractivity contribution in [2.45, 2.75) is 77.2 Å². The van der Waals surface area contributed by atoms with E-state index in [9.17, 15) is 9.35 Å². The third-order valence-electron chi connectivity index (χ3n) is 5.82. The highest BCUT2D eigenvalue weighted by molar-refractivity contribution is 7.90. The largest absolute Gasteiger partial charge is 0.598 e. The predicted octanol–water partition coefficient (Wildman–Crippen LogP) is 3.76. The number of rotatable bonds is 3. The topological polar surface area (TPSA) is 86.8 Å². The van der Waals surface area contributed by atoms with Crippen molar-refractivity contribution in [3.05, 3.63) is 23.4 Å². The van der Waals surface area contributed by atoms with E-state index in [-0.39, 0.29) is 22.3 Å². The molecule has 2 heterocycles. The highest BCUT2D eigenvalue weighted by Gasteiger charge is 2.52. The molecule has 1 aromatic heterocycles. The second-order valence-corrected chi connectivity index (χ2v) is 12.3. The summed E-state index contributed by atoms with van der Waals surface area (Å²) in [6.07, 6.45) is 2.17. The smallest absolute Gasteiger partial charge is 0.410 e. The molecular formula is C22H35N3O4S. The molecule has 1 saturated heterocycles. The molecule has 1 aromatic rings. The third-order valence-corrected chi connectivity index (χ3v) is 7.38. The first-order chi connectivity index (χ1) is 13.8. The van der Waals surface area contributed by atoms with E-state index >= 15 is 0 Å². The first kappa shape index (κ1) is 23.2. The quantitative estimate of drug-likeness (QED) is 0.725. The Kier molecular flexibility index (Phi) is 6.33. The fourth-order valence-corrected chi connectivity index (χ4v) is 5.09. The molecule has 1 spiro atoms. The number of pyridine rings is 1. The van der Waals surface area contributed by atoms with Crippen LogP contribution in [0.3, 0.4) is 0 Å². The standard InChI is InChI=1S/C22H35N3O4S/c1-20(2,3)29-19(26)25-12-10-22(11-13-25)14-15-8-9-16(28-7)23-17(15)18(22)24-30(27)21(4,5)6/h8-9,18,24H,10-14H2,1-7H3. The molecule has 2 unspecified atom stereocenters. The van der Waals surface area contributed by atoms with Crippen LogP contribution in [0, 0.1) is 5.41 Å². The lowest BCUT2D eigenvalue weighted by molar-refractivity contribution is 0.00704. The number of nitrogens with zero attached hydrogens (tertiary/aromatic N) is 2. The van der Waals surface area contributed by atoms with Crippen LogP contribution >= 0.6 is 0 Å². The molecule has 1 amide bonds. The van der Waals surface area contributed by atoms with Gasteiger partial charge in [0, 0.05) is 35.9 Å². The number of amides is 1. The molecule has 2 aliphatic rings. The molecular weight excluding hydrogens is 402 g/mol. The van der Waals surface area contributed by atoms with E-state index in [0.29, 0.717) is 19.0 Å². The van der Waals surface area contributed by atoms with Crippen molar-refractivity contribution in [2.75, 3.05) is 20.2 Å². The molecule has 3 rings (SSSR count). The van der Waals surface area contributed by atoms with Crippen LogP contribution in [-0.4, -0.2) is 51.1 Å². The van der Waals surface area contributed by atoms with Crippen LogP contribution in [0.5, 0.6) is 5.88 Å². The molecule has 2 atom stereocenters. The maximum absolute atomic E-state index is 13.0. The molecule has 1 aliphatic heterocycles. The van der Waals surface area contributed by atoms with Gasteiger partial charge in [-0.3, -0.25) is 0 Å². The Labute approximate surface area is 183 Å². The zero-order valence-corrected chi connectivity index (χ0v) is 20.0. The van der Waals surface area contributed by atoms with Crippen molar-refractivity contribution in [1.29, 1.82) is 0 Å². The van der Waals surface area contributed by atoms with Crippen molar-refractivity contribution >= 4 is 17.5 Å². The van der Waals surface area contributed by atoms with Crippen LogP contribution < -0.4 is 9.46 Å². The summed E-state index contributed by atoms with van der Waals surface area (Å²) in [5, 5.41) is 0. The fraction of sp³-hybridized carbons (Fsp3) is 0.727. The number of hydrogen-bond donors (Lipinski definition) is 1. The lowest BCUT2D eigenvalue weighted by Crippen LogP contribution is -2.51. The number of piperidine rings is 1. The predicted molar refractivity (Wildman–Crippen MR) is 118 cm³/mol. The molecule has 1 fully saturated rings. The number of likely N-dealkylation sites (tertiary alicyclic amines) is 1. The monoisotopic (exact) mass is 437 g/mol. The number of aromatic nitrogens is 1. The summed E-state index contributed by atoms with van der Waals surface area (Å²) in [6, 6.07) is 3.79. The second-order valence-electron chi connectivity index (χ2n) is 10.3.